The maximum atomic E-state index is 13.2. The molecule has 3 heterocycles. The molecule has 33 heavy (non-hydrogen) atoms. The van der Waals surface area contributed by atoms with Crippen molar-refractivity contribution in [2.24, 2.45) is 0 Å². The van der Waals surface area contributed by atoms with Crippen molar-refractivity contribution in [2.75, 3.05) is 11.5 Å². The van der Waals surface area contributed by atoms with E-state index in [1.54, 1.807) is 11.0 Å². The molecule has 0 N–H and O–H groups in total. The number of carbonyl (C=O) groups is 2. The van der Waals surface area contributed by atoms with Crippen LogP contribution in [0.2, 0.25) is 0 Å². The summed E-state index contributed by atoms with van der Waals surface area (Å²) in [5.74, 6) is -0.860. The molecule has 0 fully saturated rings. The van der Waals surface area contributed by atoms with Crippen LogP contribution in [0.15, 0.2) is 71.1 Å². The average molecular weight is 460 g/mol. The number of fused-ring (bicyclic) bond motifs is 3. The molecule has 166 valence electrons. The molecule has 7 nitrogen and oxygen atoms in total. The van der Waals surface area contributed by atoms with Crippen LogP contribution in [0.1, 0.15) is 17.5 Å². The number of hydrogen-bond acceptors (Lipinski definition) is 6. The first-order chi connectivity index (χ1) is 16.1. The fourth-order valence-corrected chi connectivity index (χ4v) is 4.82. The van der Waals surface area contributed by atoms with Crippen LogP contribution < -0.4 is 10.5 Å². The number of carbonyl (C=O) groups excluding carboxylic acids is 2. The predicted molar refractivity (Wildman–Crippen MR) is 127 cm³/mol. The second-order valence-electron chi connectivity index (χ2n) is 7.78. The highest BCUT2D eigenvalue weighted by molar-refractivity contribution is 7.16. The van der Waals surface area contributed by atoms with Gasteiger partial charge in [-0.1, -0.05) is 36.4 Å². The van der Waals surface area contributed by atoms with Gasteiger partial charge in [0.1, 0.15) is 4.83 Å². The lowest BCUT2D eigenvalue weighted by molar-refractivity contribution is -0.147. The molecule has 0 saturated heterocycles. The standard InChI is InChI=1S/C25H21N3O4S/c29-22(15-32-23(30)11-13-27-16-26-24-19(25(27)31)12-14-33-24)28-20-7-3-1-5-17(20)9-10-18-6-2-4-8-21(18)28/h1-8,12,14,16H,9-11,13,15H2. The minimum Gasteiger partial charge on any atom is -0.455 e. The van der Waals surface area contributed by atoms with Crippen molar-refractivity contribution in [3.8, 4) is 0 Å². The van der Waals surface area contributed by atoms with Gasteiger partial charge in [0.25, 0.3) is 11.5 Å². The van der Waals surface area contributed by atoms with Gasteiger partial charge in [0.2, 0.25) is 0 Å². The van der Waals surface area contributed by atoms with Crippen molar-refractivity contribution < 1.29 is 14.3 Å². The lowest BCUT2D eigenvalue weighted by Crippen LogP contribution is -2.31. The summed E-state index contributed by atoms with van der Waals surface area (Å²) < 4.78 is 6.69. The molecule has 0 spiro atoms. The zero-order chi connectivity index (χ0) is 22.8. The fraction of sp³-hybridized carbons (Fsp3) is 0.200. The summed E-state index contributed by atoms with van der Waals surface area (Å²) in [5, 5.41) is 2.34. The number of anilines is 2. The van der Waals surface area contributed by atoms with Crippen LogP contribution in [0.3, 0.4) is 0 Å². The number of rotatable bonds is 5. The van der Waals surface area contributed by atoms with E-state index >= 15 is 0 Å². The van der Waals surface area contributed by atoms with Crippen LogP contribution >= 0.6 is 11.3 Å². The monoisotopic (exact) mass is 459 g/mol. The van der Waals surface area contributed by atoms with Crippen molar-refractivity contribution in [3.05, 3.63) is 87.8 Å². The number of benzene rings is 2. The Labute approximate surface area is 193 Å². The molecule has 0 unspecified atom stereocenters. The van der Waals surface area contributed by atoms with Crippen LogP contribution in [0.4, 0.5) is 11.4 Å². The van der Waals surface area contributed by atoms with E-state index in [2.05, 4.69) is 4.98 Å². The van der Waals surface area contributed by atoms with E-state index in [9.17, 15) is 14.4 Å². The predicted octanol–water partition coefficient (Wildman–Crippen LogP) is 3.85. The first-order valence-electron chi connectivity index (χ1n) is 10.7. The number of thiophene rings is 1. The number of esters is 1. The summed E-state index contributed by atoms with van der Waals surface area (Å²) in [6, 6.07) is 17.3. The highest BCUT2D eigenvalue weighted by atomic mass is 32.1. The number of nitrogens with zero attached hydrogens (tertiary/aromatic N) is 3. The maximum absolute atomic E-state index is 13.2. The molecule has 2 aromatic carbocycles. The molecule has 1 amide bonds. The second kappa shape index (κ2) is 8.99. The SMILES string of the molecule is O=C(CCn1cnc2sccc2c1=O)OCC(=O)N1c2ccccc2CCc2ccccc21. The molecule has 0 bridgehead atoms. The Morgan fingerprint density at radius 3 is 2.33 bits per heavy atom. The Hall–Kier alpha value is -3.78. The van der Waals surface area contributed by atoms with Crippen molar-refractivity contribution in [2.45, 2.75) is 25.8 Å². The summed E-state index contributed by atoms with van der Waals surface area (Å²) in [6.07, 6.45) is 3.06. The topological polar surface area (TPSA) is 81.5 Å². The van der Waals surface area contributed by atoms with E-state index in [0.717, 1.165) is 35.3 Å². The first-order valence-corrected chi connectivity index (χ1v) is 11.6. The third kappa shape index (κ3) is 4.17. The summed E-state index contributed by atoms with van der Waals surface area (Å²) in [7, 11) is 0. The first kappa shape index (κ1) is 21.1. The minimum atomic E-state index is -0.544. The number of amides is 1. The highest BCUT2D eigenvalue weighted by Crippen LogP contribution is 2.35. The van der Waals surface area contributed by atoms with Gasteiger partial charge in [0.15, 0.2) is 6.61 Å². The molecule has 1 aliphatic heterocycles. The summed E-state index contributed by atoms with van der Waals surface area (Å²) in [5.41, 5.74) is 3.58. The third-order valence-electron chi connectivity index (χ3n) is 5.74. The Kier molecular flexibility index (Phi) is 5.75. The molecule has 8 heteroatoms. The normalized spacial score (nSPS) is 12.7. The van der Waals surface area contributed by atoms with E-state index in [1.807, 2.05) is 53.9 Å². The Morgan fingerprint density at radius 2 is 1.64 bits per heavy atom. The average Bonchev–Trinajstić information content (AvgIpc) is 3.25. The van der Waals surface area contributed by atoms with E-state index < -0.39 is 5.97 Å². The highest BCUT2D eigenvalue weighted by Gasteiger charge is 2.26. The number of aryl methyl sites for hydroxylation is 3. The molecule has 2 aromatic heterocycles. The summed E-state index contributed by atoms with van der Waals surface area (Å²) in [4.78, 5) is 44.6. The Bertz CT molecular complexity index is 1360. The van der Waals surface area contributed by atoms with E-state index in [0.29, 0.717) is 10.2 Å². The summed E-state index contributed by atoms with van der Waals surface area (Å²) in [6.45, 7) is -0.238. The van der Waals surface area contributed by atoms with E-state index in [1.165, 1.54) is 22.2 Å². The van der Waals surface area contributed by atoms with Crippen molar-refractivity contribution in [1.29, 1.82) is 0 Å². The zero-order valence-corrected chi connectivity index (χ0v) is 18.6. The third-order valence-corrected chi connectivity index (χ3v) is 6.56. The quantitative estimate of drug-likeness (QED) is 0.424. The molecule has 0 aliphatic carbocycles. The zero-order valence-electron chi connectivity index (χ0n) is 17.8. The fourth-order valence-electron chi connectivity index (χ4n) is 4.09. The molecule has 1 aliphatic rings. The number of aromatic nitrogens is 2. The molecule has 4 aromatic rings. The molecule has 0 atom stereocenters. The van der Waals surface area contributed by atoms with Gasteiger partial charge < -0.3 is 4.74 Å². The molecular weight excluding hydrogens is 438 g/mol. The smallest absolute Gasteiger partial charge is 0.308 e. The maximum Gasteiger partial charge on any atom is 0.308 e. The van der Waals surface area contributed by atoms with E-state index in [-0.39, 0.29) is 31.0 Å². The van der Waals surface area contributed by atoms with Crippen LogP contribution in [0.25, 0.3) is 10.2 Å². The van der Waals surface area contributed by atoms with Gasteiger partial charge in [0, 0.05) is 6.54 Å². The minimum absolute atomic E-state index is 0.0301. The Balaban J connectivity index is 1.28. The van der Waals surface area contributed by atoms with Crippen LogP contribution in [-0.4, -0.2) is 28.0 Å². The van der Waals surface area contributed by atoms with Gasteiger partial charge in [-0.15, -0.1) is 11.3 Å². The molecular formula is C25H21N3O4S. The lowest BCUT2D eigenvalue weighted by atomic mass is 10.0. The molecule has 0 radical (unpaired) electrons. The van der Waals surface area contributed by atoms with Gasteiger partial charge >= 0.3 is 5.97 Å². The largest absolute Gasteiger partial charge is 0.455 e. The van der Waals surface area contributed by atoms with Crippen molar-refractivity contribution >= 4 is 44.8 Å². The van der Waals surface area contributed by atoms with Gasteiger partial charge in [-0.25, -0.2) is 4.98 Å². The van der Waals surface area contributed by atoms with Crippen LogP contribution in [-0.2, 0) is 33.7 Å². The summed E-state index contributed by atoms with van der Waals surface area (Å²) >= 11 is 1.39. The van der Waals surface area contributed by atoms with Gasteiger partial charge in [0.05, 0.1) is 29.5 Å². The lowest BCUT2D eigenvalue weighted by Gasteiger charge is -2.24. The molecule has 0 saturated carbocycles. The molecule has 5 rings (SSSR count). The van der Waals surface area contributed by atoms with Crippen molar-refractivity contribution in [1.82, 2.24) is 9.55 Å². The number of ether oxygens (including phenoxy) is 1. The van der Waals surface area contributed by atoms with Crippen LogP contribution in [0, 0.1) is 0 Å². The van der Waals surface area contributed by atoms with E-state index in [4.69, 9.17) is 4.74 Å². The second-order valence-corrected chi connectivity index (χ2v) is 8.67. The number of hydrogen-bond donors (Lipinski definition) is 0. The van der Waals surface area contributed by atoms with Gasteiger partial charge in [-0.2, -0.15) is 0 Å². The van der Waals surface area contributed by atoms with Gasteiger partial charge in [-0.3, -0.25) is 23.9 Å². The van der Waals surface area contributed by atoms with Crippen molar-refractivity contribution in [3.63, 3.8) is 0 Å². The van der Waals surface area contributed by atoms with Gasteiger partial charge in [-0.05, 0) is 47.5 Å². The number of para-hydroxylation sites is 2. The Morgan fingerprint density at radius 1 is 0.970 bits per heavy atom. The van der Waals surface area contributed by atoms with Crippen LogP contribution in [0.5, 0.6) is 0 Å².